The number of H-pyrrole nitrogens is 1. The summed E-state index contributed by atoms with van der Waals surface area (Å²) in [6, 6.07) is 7.07. The van der Waals surface area contributed by atoms with Crippen LogP contribution in [0.25, 0.3) is 22.1 Å². The van der Waals surface area contributed by atoms with Gasteiger partial charge in [0, 0.05) is 5.75 Å². The quantitative estimate of drug-likeness (QED) is 0.319. The second kappa shape index (κ2) is 7.43. The van der Waals surface area contributed by atoms with E-state index in [9.17, 15) is 15.0 Å². The minimum Gasteiger partial charge on any atom is -0.387 e. The zero-order valence-electron chi connectivity index (χ0n) is 15.8. The average molecular weight is 426 g/mol. The van der Waals surface area contributed by atoms with E-state index in [0.29, 0.717) is 32.9 Å². The SMILES string of the molecule is Cc1ncnc2c1ncn2[C@@H]1OC(CSc2nc3ccccc3c(=O)[nH]2)[C@@H](O)[C@H]1O. The Hall–Kier alpha value is -2.86. The number of aromatic amines is 1. The second-order valence-electron chi connectivity index (χ2n) is 7.03. The Balaban J connectivity index is 1.36. The molecule has 1 fully saturated rings. The number of para-hydroxylation sites is 1. The van der Waals surface area contributed by atoms with Crippen molar-refractivity contribution in [1.82, 2.24) is 29.5 Å². The summed E-state index contributed by atoms with van der Waals surface area (Å²) in [4.78, 5) is 32.0. The molecule has 0 spiro atoms. The maximum atomic E-state index is 12.2. The Kier molecular flexibility index (Phi) is 4.74. The van der Waals surface area contributed by atoms with Crippen LogP contribution >= 0.6 is 11.8 Å². The van der Waals surface area contributed by atoms with Gasteiger partial charge in [0.25, 0.3) is 5.56 Å². The van der Waals surface area contributed by atoms with Gasteiger partial charge >= 0.3 is 0 Å². The van der Waals surface area contributed by atoms with E-state index in [-0.39, 0.29) is 11.3 Å². The molecule has 4 aromatic rings. The molecule has 4 atom stereocenters. The summed E-state index contributed by atoms with van der Waals surface area (Å²) in [5.74, 6) is 0.288. The number of nitrogens with zero attached hydrogens (tertiary/aromatic N) is 5. The smallest absolute Gasteiger partial charge is 0.259 e. The molecule has 0 aliphatic carbocycles. The van der Waals surface area contributed by atoms with Gasteiger partial charge in [-0.1, -0.05) is 23.9 Å². The van der Waals surface area contributed by atoms with Gasteiger partial charge in [0.15, 0.2) is 17.0 Å². The predicted octanol–water partition coefficient (Wildman–Crippen LogP) is 0.783. The molecule has 1 aliphatic rings. The van der Waals surface area contributed by atoms with Crippen molar-refractivity contribution in [3.63, 3.8) is 0 Å². The van der Waals surface area contributed by atoms with Crippen molar-refractivity contribution >= 4 is 33.8 Å². The fourth-order valence-electron chi connectivity index (χ4n) is 3.55. The first kappa shape index (κ1) is 19.1. The van der Waals surface area contributed by atoms with Gasteiger partial charge in [-0.3, -0.25) is 9.36 Å². The number of ether oxygens (including phenoxy) is 1. The monoisotopic (exact) mass is 426 g/mol. The molecule has 0 amide bonds. The summed E-state index contributed by atoms with van der Waals surface area (Å²) >= 11 is 1.24. The first-order valence-electron chi connectivity index (χ1n) is 9.30. The number of hydrogen-bond donors (Lipinski definition) is 3. The lowest BCUT2D eigenvalue weighted by atomic mass is 10.1. The van der Waals surface area contributed by atoms with E-state index >= 15 is 0 Å². The molecule has 11 heteroatoms. The van der Waals surface area contributed by atoms with Crippen LogP contribution in [0, 0.1) is 6.92 Å². The van der Waals surface area contributed by atoms with Crippen molar-refractivity contribution in [1.29, 1.82) is 0 Å². The number of imidazole rings is 1. The number of thioether (sulfide) groups is 1. The topological polar surface area (TPSA) is 139 Å². The van der Waals surface area contributed by atoms with Gasteiger partial charge < -0.3 is 19.9 Å². The molecule has 0 saturated carbocycles. The van der Waals surface area contributed by atoms with E-state index in [4.69, 9.17) is 4.74 Å². The molecule has 5 rings (SSSR count). The van der Waals surface area contributed by atoms with Gasteiger partial charge in [-0.2, -0.15) is 0 Å². The number of benzene rings is 1. The van der Waals surface area contributed by atoms with Crippen LogP contribution in [-0.2, 0) is 4.74 Å². The summed E-state index contributed by atoms with van der Waals surface area (Å²) in [6.45, 7) is 1.82. The molecule has 4 heterocycles. The highest BCUT2D eigenvalue weighted by molar-refractivity contribution is 7.99. The Morgan fingerprint density at radius 1 is 1.20 bits per heavy atom. The highest BCUT2D eigenvalue weighted by Crippen LogP contribution is 2.33. The Labute approximate surface area is 174 Å². The molecular weight excluding hydrogens is 408 g/mol. The van der Waals surface area contributed by atoms with E-state index in [1.807, 2.05) is 13.0 Å². The summed E-state index contributed by atoms with van der Waals surface area (Å²) in [5.41, 5.74) is 2.21. The van der Waals surface area contributed by atoms with Gasteiger partial charge in [-0.15, -0.1) is 0 Å². The molecular formula is C19H18N6O4S. The van der Waals surface area contributed by atoms with Gasteiger partial charge in [0.2, 0.25) is 0 Å². The maximum Gasteiger partial charge on any atom is 0.259 e. The highest BCUT2D eigenvalue weighted by Gasteiger charge is 2.44. The molecule has 1 aromatic carbocycles. The fourth-order valence-corrected chi connectivity index (χ4v) is 4.47. The van der Waals surface area contributed by atoms with E-state index < -0.39 is 24.5 Å². The van der Waals surface area contributed by atoms with E-state index in [1.165, 1.54) is 24.4 Å². The molecule has 1 unspecified atom stereocenters. The van der Waals surface area contributed by atoms with Gasteiger partial charge in [0.05, 0.1) is 29.0 Å². The molecule has 0 radical (unpaired) electrons. The van der Waals surface area contributed by atoms with Crippen LogP contribution in [0.3, 0.4) is 0 Å². The minimum absolute atomic E-state index is 0.228. The molecule has 3 N–H and O–H groups in total. The Morgan fingerprint density at radius 2 is 2.03 bits per heavy atom. The third-order valence-corrected chi connectivity index (χ3v) is 6.09. The lowest BCUT2D eigenvalue weighted by Gasteiger charge is -2.16. The summed E-state index contributed by atoms with van der Waals surface area (Å²) in [6.07, 6.45) is -0.851. The van der Waals surface area contributed by atoms with Crippen molar-refractivity contribution < 1.29 is 14.9 Å². The number of aromatic nitrogens is 6. The summed E-state index contributed by atoms with van der Waals surface area (Å²) in [5, 5.41) is 22.0. The van der Waals surface area contributed by atoms with Crippen LogP contribution in [0.2, 0.25) is 0 Å². The van der Waals surface area contributed by atoms with Crippen LogP contribution in [0.5, 0.6) is 0 Å². The van der Waals surface area contributed by atoms with Crippen LogP contribution in [0.4, 0.5) is 0 Å². The molecule has 0 bridgehead atoms. The Bertz CT molecular complexity index is 1290. The highest BCUT2D eigenvalue weighted by atomic mass is 32.2. The summed E-state index contributed by atoms with van der Waals surface area (Å²) in [7, 11) is 0. The lowest BCUT2D eigenvalue weighted by molar-refractivity contribution is -0.0289. The minimum atomic E-state index is -1.16. The number of aryl methyl sites for hydroxylation is 1. The zero-order chi connectivity index (χ0) is 20.8. The lowest BCUT2D eigenvalue weighted by Crippen LogP contribution is -2.32. The number of aliphatic hydroxyl groups excluding tert-OH is 2. The van der Waals surface area contributed by atoms with E-state index in [1.54, 1.807) is 22.8 Å². The van der Waals surface area contributed by atoms with E-state index in [2.05, 4.69) is 24.9 Å². The third kappa shape index (κ3) is 3.16. The van der Waals surface area contributed by atoms with E-state index in [0.717, 1.165) is 0 Å². The van der Waals surface area contributed by atoms with Crippen molar-refractivity contribution in [3.8, 4) is 0 Å². The number of fused-ring (bicyclic) bond motifs is 2. The number of nitrogens with one attached hydrogen (secondary N) is 1. The van der Waals surface area contributed by atoms with Crippen LogP contribution in [0.15, 0.2) is 46.9 Å². The van der Waals surface area contributed by atoms with Gasteiger partial charge in [0.1, 0.15) is 24.1 Å². The van der Waals surface area contributed by atoms with Crippen molar-refractivity contribution in [2.75, 3.05) is 5.75 Å². The molecule has 30 heavy (non-hydrogen) atoms. The number of hydrogen-bond acceptors (Lipinski definition) is 9. The van der Waals surface area contributed by atoms with Crippen LogP contribution < -0.4 is 5.56 Å². The standard InChI is InChI=1S/C19H18N6O4S/c1-9-13-16(21-7-20-9)25(8-22-13)18-15(27)14(26)12(29-18)6-30-19-23-11-5-3-2-4-10(11)17(28)24-19/h2-5,7-8,12,14-15,18,26-27H,6H2,1H3,(H,23,24,28)/t12?,14-,15-,18-/m1/s1. The first-order chi connectivity index (χ1) is 14.5. The molecule has 1 saturated heterocycles. The molecule has 3 aromatic heterocycles. The first-order valence-corrected chi connectivity index (χ1v) is 10.3. The second-order valence-corrected chi connectivity index (χ2v) is 8.04. The van der Waals surface area contributed by atoms with Crippen molar-refractivity contribution in [2.24, 2.45) is 0 Å². The van der Waals surface area contributed by atoms with Crippen molar-refractivity contribution in [2.45, 2.75) is 36.6 Å². The van der Waals surface area contributed by atoms with Gasteiger partial charge in [-0.05, 0) is 19.1 Å². The molecule has 1 aliphatic heterocycles. The Morgan fingerprint density at radius 3 is 2.90 bits per heavy atom. The summed E-state index contributed by atoms with van der Waals surface area (Å²) < 4.78 is 7.54. The molecule has 154 valence electrons. The predicted molar refractivity (Wildman–Crippen MR) is 109 cm³/mol. The maximum absolute atomic E-state index is 12.2. The molecule has 10 nitrogen and oxygen atoms in total. The van der Waals surface area contributed by atoms with Crippen LogP contribution in [-0.4, -0.2) is 63.8 Å². The zero-order valence-corrected chi connectivity index (χ0v) is 16.7. The average Bonchev–Trinajstić information content (AvgIpc) is 3.29. The van der Waals surface area contributed by atoms with Gasteiger partial charge in [-0.25, -0.2) is 19.9 Å². The van der Waals surface area contributed by atoms with Crippen LogP contribution in [0.1, 0.15) is 11.9 Å². The largest absolute Gasteiger partial charge is 0.387 e. The normalized spacial score (nSPS) is 24.1. The third-order valence-electron chi connectivity index (χ3n) is 5.13. The number of rotatable bonds is 4. The van der Waals surface area contributed by atoms with Crippen molar-refractivity contribution in [3.05, 3.63) is 53.0 Å². The number of aliphatic hydroxyl groups is 2. The fraction of sp³-hybridized carbons (Fsp3) is 0.316.